The van der Waals surface area contributed by atoms with E-state index in [1.54, 1.807) is 0 Å². The fourth-order valence-corrected chi connectivity index (χ4v) is 4.89. The van der Waals surface area contributed by atoms with Crippen molar-refractivity contribution in [3.8, 4) is 0 Å². The van der Waals surface area contributed by atoms with Crippen LogP contribution < -0.4 is 0 Å². The molecule has 0 aromatic carbocycles. The molecule has 6 heteroatoms. The predicted molar refractivity (Wildman–Crippen MR) is 80.6 cm³/mol. The van der Waals surface area contributed by atoms with Gasteiger partial charge >= 0.3 is 0 Å². The van der Waals surface area contributed by atoms with Gasteiger partial charge in [-0.05, 0) is 12.3 Å². The molecule has 4 nitrogen and oxygen atoms in total. The van der Waals surface area contributed by atoms with Crippen LogP contribution in [0.15, 0.2) is 4.52 Å². The van der Waals surface area contributed by atoms with Gasteiger partial charge in [-0.1, -0.05) is 25.9 Å². The van der Waals surface area contributed by atoms with E-state index in [0.717, 1.165) is 18.0 Å². The normalized spacial score (nSPS) is 25.7. The molecule has 3 unspecified atom stereocenters. The molecule has 1 saturated heterocycles. The molecule has 2 heterocycles. The van der Waals surface area contributed by atoms with Gasteiger partial charge in [0.1, 0.15) is 0 Å². The first-order chi connectivity index (χ1) is 9.06. The number of aliphatic hydroxyl groups excluding tert-OH is 1. The van der Waals surface area contributed by atoms with Crippen LogP contribution >= 0.6 is 23.5 Å². The van der Waals surface area contributed by atoms with E-state index in [1.807, 2.05) is 23.5 Å². The Labute approximate surface area is 123 Å². The minimum Gasteiger partial charge on any atom is -0.393 e. The maximum atomic E-state index is 9.91. The summed E-state index contributed by atoms with van der Waals surface area (Å²) in [7, 11) is 0. The molecule has 3 atom stereocenters. The summed E-state index contributed by atoms with van der Waals surface area (Å²) in [5.41, 5.74) is 0. The van der Waals surface area contributed by atoms with E-state index >= 15 is 0 Å². The molecule has 0 bridgehead atoms. The quantitative estimate of drug-likeness (QED) is 0.902. The molecule has 2 rings (SSSR count). The molecule has 0 saturated carbocycles. The second kappa shape index (κ2) is 6.99. The number of thioether (sulfide) groups is 2. The molecule has 1 aliphatic rings. The Balaban J connectivity index is 1.94. The Kier molecular flexibility index (Phi) is 5.59. The van der Waals surface area contributed by atoms with Crippen molar-refractivity contribution < 1.29 is 9.63 Å². The van der Waals surface area contributed by atoms with Crippen LogP contribution in [-0.4, -0.2) is 38.1 Å². The standard InChI is InChI=1S/C13H22N2O2S2/c1-8(2)6-10(16)7-11-14-13(15-17-11)12-9(3)18-4-5-19-12/h8-10,12,16H,4-7H2,1-3H3. The molecule has 19 heavy (non-hydrogen) atoms. The van der Waals surface area contributed by atoms with E-state index in [2.05, 4.69) is 30.9 Å². The van der Waals surface area contributed by atoms with Gasteiger partial charge in [-0.2, -0.15) is 16.7 Å². The van der Waals surface area contributed by atoms with Crippen LogP contribution in [-0.2, 0) is 6.42 Å². The van der Waals surface area contributed by atoms with Crippen LogP contribution in [0, 0.1) is 5.92 Å². The summed E-state index contributed by atoms with van der Waals surface area (Å²) in [6.45, 7) is 6.41. The van der Waals surface area contributed by atoms with Gasteiger partial charge in [-0.3, -0.25) is 0 Å². The number of nitrogens with zero attached hydrogens (tertiary/aromatic N) is 2. The Morgan fingerprint density at radius 3 is 2.79 bits per heavy atom. The summed E-state index contributed by atoms with van der Waals surface area (Å²) >= 11 is 3.86. The molecule has 0 aliphatic carbocycles. The van der Waals surface area contributed by atoms with Crippen LogP contribution in [0.2, 0.25) is 0 Å². The first-order valence-electron chi connectivity index (χ1n) is 6.80. The second-order valence-electron chi connectivity index (χ2n) is 5.40. The minimum absolute atomic E-state index is 0.318. The summed E-state index contributed by atoms with van der Waals surface area (Å²) in [6, 6.07) is 0. The number of aromatic nitrogens is 2. The van der Waals surface area contributed by atoms with Gasteiger partial charge in [-0.15, -0.1) is 11.8 Å². The zero-order valence-electron chi connectivity index (χ0n) is 11.7. The summed E-state index contributed by atoms with van der Waals surface area (Å²) in [6.07, 6.45) is 0.839. The largest absolute Gasteiger partial charge is 0.393 e. The highest BCUT2D eigenvalue weighted by atomic mass is 32.2. The van der Waals surface area contributed by atoms with Gasteiger partial charge in [0.25, 0.3) is 0 Å². The minimum atomic E-state index is -0.390. The molecular weight excluding hydrogens is 280 g/mol. The Bertz CT molecular complexity index is 398. The smallest absolute Gasteiger partial charge is 0.229 e. The number of hydrogen-bond acceptors (Lipinski definition) is 6. The molecule has 0 spiro atoms. The summed E-state index contributed by atoms with van der Waals surface area (Å²) in [4.78, 5) is 4.46. The van der Waals surface area contributed by atoms with Crippen molar-refractivity contribution in [1.82, 2.24) is 10.1 Å². The van der Waals surface area contributed by atoms with Gasteiger partial charge in [0.05, 0.1) is 17.8 Å². The highest BCUT2D eigenvalue weighted by Gasteiger charge is 2.28. The van der Waals surface area contributed by atoms with Crippen molar-refractivity contribution in [2.24, 2.45) is 5.92 Å². The fourth-order valence-electron chi connectivity index (χ4n) is 2.21. The van der Waals surface area contributed by atoms with Crippen molar-refractivity contribution in [2.75, 3.05) is 11.5 Å². The van der Waals surface area contributed by atoms with Crippen molar-refractivity contribution >= 4 is 23.5 Å². The molecule has 0 radical (unpaired) electrons. The van der Waals surface area contributed by atoms with Gasteiger partial charge in [0.2, 0.25) is 5.89 Å². The lowest BCUT2D eigenvalue weighted by molar-refractivity contribution is 0.138. The van der Waals surface area contributed by atoms with Crippen LogP contribution in [0.25, 0.3) is 0 Å². The molecule has 1 aliphatic heterocycles. The average Bonchev–Trinajstić information content (AvgIpc) is 2.76. The van der Waals surface area contributed by atoms with Gasteiger partial charge in [0, 0.05) is 16.8 Å². The lowest BCUT2D eigenvalue weighted by Crippen LogP contribution is -2.17. The molecule has 1 aromatic heterocycles. The molecule has 0 amide bonds. The van der Waals surface area contributed by atoms with Crippen molar-refractivity contribution in [1.29, 1.82) is 0 Å². The zero-order valence-corrected chi connectivity index (χ0v) is 13.3. The van der Waals surface area contributed by atoms with E-state index in [4.69, 9.17) is 4.52 Å². The molecule has 1 aromatic rings. The Hall–Kier alpha value is -0.200. The third kappa shape index (κ3) is 4.39. The van der Waals surface area contributed by atoms with E-state index in [1.165, 1.54) is 5.75 Å². The second-order valence-corrected chi connectivity index (χ2v) is 8.14. The summed E-state index contributed by atoms with van der Waals surface area (Å²) in [5.74, 6) is 4.16. The lowest BCUT2D eigenvalue weighted by Gasteiger charge is -2.24. The highest BCUT2D eigenvalue weighted by Crippen LogP contribution is 2.41. The maximum absolute atomic E-state index is 9.91. The van der Waals surface area contributed by atoms with E-state index < -0.39 is 0 Å². The monoisotopic (exact) mass is 302 g/mol. The summed E-state index contributed by atoms with van der Waals surface area (Å²) in [5, 5.41) is 14.8. The Morgan fingerprint density at radius 2 is 2.11 bits per heavy atom. The summed E-state index contributed by atoms with van der Waals surface area (Å²) < 4.78 is 5.27. The number of rotatable bonds is 5. The SMILES string of the molecule is CC(C)CC(O)Cc1nc(C2SCCSC2C)no1. The molecule has 1 fully saturated rings. The fraction of sp³-hybridized carbons (Fsp3) is 0.846. The van der Waals surface area contributed by atoms with Gasteiger partial charge in [0.15, 0.2) is 5.82 Å². The van der Waals surface area contributed by atoms with Crippen LogP contribution in [0.5, 0.6) is 0 Å². The predicted octanol–water partition coefficient (Wildman–Crippen LogP) is 2.93. The van der Waals surface area contributed by atoms with E-state index in [0.29, 0.717) is 28.7 Å². The Morgan fingerprint density at radius 1 is 1.37 bits per heavy atom. The average molecular weight is 302 g/mol. The highest BCUT2D eigenvalue weighted by molar-refractivity contribution is 8.06. The lowest BCUT2D eigenvalue weighted by atomic mass is 10.0. The van der Waals surface area contributed by atoms with Crippen LogP contribution in [0.1, 0.15) is 44.2 Å². The van der Waals surface area contributed by atoms with Crippen molar-refractivity contribution in [3.05, 3.63) is 11.7 Å². The van der Waals surface area contributed by atoms with Crippen LogP contribution in [0.3, 0.4) is 0 Å². The zero-order chi connectivity index (χ0) is 13.8. The third-order valence-electron chi connectivity index (χ3n) is 3.08. The van der Waals surface area contributed by atoms with E-state index in [9.17, 15) is 5.11 Å². The molecule has 1 N–H and O–H groups in total. The van der Waals surface area contributed by atoms with Crippen molar-refractivity contribution in [2.45, 2.75) is 50.2 Å². The first-order valence-corrected chi connectivity index (χ1v) is 8.89. The molecule has 108 valence electrons. The number of aliphatic hydroxyl groups is 1. The van der Waals surface area contributed by atoms with Crippen LogP contribution in [0.4, 0.5) is 0 Å². The first kappa shape index (κ1) is 15.2. The van der Waals surface area contributed by atoms with Gasteiger partial charge < -0.3 is 9.63 Å². The maximum Gasteiger partial charge on any atom is 0.229 e. The number of hydrogen-bond donors (Lipinski definition) is 1. The van der Waals surface area contributed by atoms with Gasteiger partial charge in [-0.25, -0.2) is 0 Å². The molecular formula is C13H22N2O2S2. The van der Waals surface area contributed by atoms with Crippen molar-refractivity contribution in [3.63, 3.8) is 0 Å². The third-order valence-corrected chi connectivity index (χ3v) is 6.17. The topological polar surface area (TPSA) is 59.2 Å². The van der Waals surface area contributed by atoms with E-state index in [-0.39, 0.29) is 6.10 Å².